The number of sulfonamides is 1. The first-order chi connectivity index (χ1) is 10.0. The maximum absolute atomic E-state index is 12.6. The van der Waals surface area contributed by atoms with Gasteiger partial charge in [-0.1, -0.05) is 19.8 Å². The van der Waals surface area contributed by atoms with Crippen molar-refractivity contribution < 1.29 is 17.9 Å². The average Bonchev–Trinajstić information content (AvgIpc) is 2.97. The molecule has 0 saturated carbocycles. The number of hydrogen-bond donors (Lipinski definition) is 0. The number of carbonyl (C=O) groups excluding carboxylic acids is 1. The molecule has 2 rings (SSSR count). The summed E-state index contributed by atoms with van der Waals surface area (Å²) in [5, 5.41) is 0. The highest BCUT2D eigenvalue weighted by Gasteiger charge is 2.34. The Bertz CT molecular complexity index is 589. The number of thiazole rings is 1. The van der Waals surface area contributed by atoms with Crippen molar-refractivity contribution in [2.24, 2.45) is 5.92 Å². The molecule has 0 aromatic carbocycles. The van der Waals surface area contributed by atoms with Crippen molar-refractivity contribution >= 4 is 27.3 Å². The van der Waals surface area contributed by atoms with Gasteiger partial charge in [-0.2, -0.15) is 4.31 Å². The Morgan fingerprint density at radius 2 is 2.14 bits per heavy atom. The maximum Gasteiger partial charge on any atom is 0.358 e. The normalized spacial score (nSPS) is 17.8. The fraction of sp³-hybridized carbons (Fsp3) is 0.692. The van der Waals surface area contributed by atoms with Crippen LogP contribution in [0.4, 0.5) is 0 Å². The summed E-state index contributed by atoms with van der Waals surface area (Å²) in [7, 11) is -2.44. The number of carbonyl (C=O) groups is 1. The molecule has 0 radical (unpaired) electrons. The van der Waals surface area contributed by atoms with E-state index in [4.69, 9.17) is 0 Å². The zero-order valence-corrected chi connectivity index (χ0v) is 13.9. The molecular formula is C13H20N2O4S2. The number of methoxy groups -OCH3 is 1. The van der Waals surface area contributed by atoms with E-state index in [1.165, 1.54) is 16.9 Å². The van der Waals surface area contributed by atoms with Gasteiger partial charge in [0.1, 0.15) is 0 Å². The topological polar surface area (TPSA) is 76.6 Å². The molecule has 6 nitrogen and oxygen atoms in total. The third-order valence-electron chi connectivity index (χ3n) is 3.76. The largest absolute Gasteiger partial charge is 0.464 e. The fourth-order valence-electron chi connectivity index (χ4n) is 2.61. The second-order valence-corrected chi connectivity index (χ2v) is 8.10. The lowest BCUT2D eigenvalue weighted by Crippen LogP contribution is -2.38. The van der Waals surface area contributed by atoms with Crippen LogP contribution in [0, 0.1) is 5.92 Å². The third kappa shape index (κ3) is 3.44. The van der Waals surface area contributed by atoms with Gasteiger partial charge in [0, 0.05) is 13.1 Å². The molecule has 1 aromatic rings. The van der Waals surface area contributed by atoms with Gasteiger partial charge in [-0.05, 0) is 18.8 Å². The van der Waals surface area contributed by atoms with Crippen LogP contribution in [0.15, 0.2) is 9.72 Å². The van der Waals surface area contributed by atoms with Gasteiger partial charge in [0.2, 0.25) is 0 Å². The van der Waals surface area contributed by atoms with E-state index >= 15 is 0 Å². The third-order valence-corrected chi connectivity index (χ3v) is 7.00. The van der Waals surface area contributed by atoms with Crippen molar-refractivity contribution in [2.75, 3.05) is 20.2 Å². The van der Waals surface area contributed by atoms with E-state index in [9.17, 15) is 13.2 Å². The molecule has 2 heterocycles. The van der Waals surface area contributed by atoms with Gasteiger partial charge < -0.3 is 4.74 Å². The average molecular weight is 332 g/mol. The SMILES string of the molecule is CCCC1CCN(S(=O)(=O)c2scnc2C(=O)OC)CC1. The van der Waals surface area contributed by atoms with Gasteiger partial charge in [-0.15, -0.1) is 11.3 Å². The number of piperidine rings is 1. The molecule has 0 bridgehead atoms. The van der Waals surface area contributed by atoms with Crippen LogP contribution >= 0.6 is 11.3 Å². The summed E-state index contributed by atoms with van der Waals surface area (Å²) in [6, 6.07) is 0. The molecule has 0 N–H and O–H groups in total. The van der Waals surface area contributed by atoms with Crippen molar-refractivity contribution in [3.63, 3.8) is 0 Å². The Morgan fingerprint density at radius 1 is 1.48 bits per heavy atom. The first-order valence-electron chi connectivity index (χ1n) is 7.02. The fourth-order valence-corrected chi connectivity index (χ4v) is 5.35. The molecule has 1 aliphatic heterocycles. The van der Waals surface area contributed by atoms with Crippen molar-refractivity contribution in [1.82, 2.24) is 9.29 Å². The lowest BCUT2D eigenvalue weighted by molar-refractivity contribution is 0.0590. The minimum absolute atomic E-state index is 0.0108. The van der Waals surface area contributed by atoms with E-state index in [1.54, 1.807) is 0 Å². The second kappa shape index (κ2) is 6.85. The predicted octanol–water partition coefficient (Wildman–Crippen LogP) is 2.13. The quantitative estimate of drug-likeness (QED) is 0.772. The van der Waals surface area contributed by atoms with Gasteiger partial charge in [0.15, 0.2) is 9.90 Å². The molecule has 8 heteroatoms. The predicted molar refractivity (Wildman–Crippen MR) is 79.8 cm³/mol. The van der Waals surface area contributed by atoms with Crippen LogP contribution in [-0.4, -0.2) is 43.9 Å². The molecule has 1 aromatic heterocycles. The summed E-state index contributed by atoms with van der Waals surface area (Å²) in [4.78, 5) is 15.4. The van der Waals surface area contributed by atoms with Crippen molar-refractivity contribution in [2.45, 2.75) is 36.8 Å². The summed E-state index contributed by atoms with van der Waals surface area (Å²) >= 11 is 0.963. The Kier molecular flexibility index (Phi) is 5.34. The molecule has 1 saturated heterocycles. The molecule has 0 unspecified atom stereocenters. The van der Waals surface area contributed by atoms with Gasteiger partial charge in [0.05, 0.1) is 12.6 Å². The lowest BCUT2D eigenvalue weighted by Gasteiger charge is -2.30. The summed E-state index contributed by atoms with van der Waals surface area (Å²) in [6.07, 6.45) is 4.01. The molecule has 0 aliphatic carbocycles. The Labute approximate surface area is 129 Å². The van der Waals surface area contributed by atoms with Crippen LogP contribution in [0.2, 0.25) is 0 Å². The molecule has 0 spiro atoms. The van der Waals surface area contributed by atoms with Crippen molar-refractivity contribution in [3.05, 3.63) is 11.2 Å². The minimum Gasteiger partial charge on any atom is -0.464 e. The summed E-state index contributed by atoms with van der Waals surface area (Å²) < 4.78 is 31.3. The maximum atomic E-state index is 12.6. The number of nitrogens with zero attached hydrogens (tertiary/aromatic N) is 2. The van der Waals surface area contributed by atoms with Crippen LogP contribution in [-0.2, 0) is 14.8 Å². The van der Waals surface area contributed by atoms with Crippen LogP contribution in [0.5, 0.6) is 0 Å². The van der Waals surface area contributed by atoms with E-state index in [-0.39, 0.29) is 9.90 Å². The number of ether oxygens (including phenoxy) is 1. The van der Waals surface area contributed by atoms with Gasteiger partial charge in [-0.25, -0.2) is 18.2 Å². The van der Waals surface area contributed by atoms with Crippen LogP contribution in [0.25, 0.3) is 0 Å². The Hall–Kier alpha value is -0.990. The highest BCUT2D eigenvalue weighted by Crippen LogP contribution is 2.29. The van der Waals surface area contributed by atoms with E-state index in [0.29, 0.717) is 19.0 Å². The second-order valence-electron chi connectivity index (χ2n) is 5.12. The smallest absolute Gasteiger partial charge is 0.358 e. The summed E-state index contributed by atoms with van der Waals surface area (Å²) in [6.45, 7) is 3.15. The minimum atomic E-state index is -3.65. The molecule has 1 fully saturated rings. The van der Waals surface area contributed by atoms with Crippen LogP contribution < -0.4 is 0 Å². The van der Waals surface area contributed by atoms with E-state index < -0.39 is 16.0 Å². The highest BCUT2D eigenvalue weighted by atomic mass is 32.2. The number of esters is 1. The molecule has 0 amide bonds. The van der Waals surface area contributed by atoms with E-state index in [2.05, 4.69) is 16.6 Å². The Balaban J connectivity index is 2.16. The summed E-state index contributed by atoms with van der Waals surface area (Å²) in [5.74, 6) is -0.112. The van der Waals surface area contributed by atoms with Gasteiger partial charge in [0.25, 0.3) is 10.0 Å². The molecule has 0 atom stereocenters. The molecule has 118 valence electrons. The number of hydrogen-bond acceptors (Lipinski definition) is 6. The molecular weight excluding hydrogens is 312 g/mol. The number of rotatable bonds is 5. The van der Waals surface area contributed by atoms with E-state index in [1.807, 2.05) is 0 Å². The van der Waals surface area contributed by atoms with Crippen LogP contribution in [0.1, 0.15) is 43.1 Å². The van der Waals surface area contributed by atoms with Crippen molar-refractivity contribution in [1.29, 1.82) is 0 Å². The van der Waals surface area contributed by atoms with Crippen molar-refractivity contribution in [3.8, 4) is 0 Å². The molecule has 21 heavy (non-hydrogen) atoms. The van der Waals surface area contributed by atoms with Gasteiger partial charge >= 0.3 is 5.97 Å². The Morgan fingerprint density at radius 3 is 2.71 bits per heavy atom. The highest BCUT2D eigenvalue weighted by molar-refractivity contribution is 7.91. The number of aromatic nitrogens is 1. The summed E-state index contributed by atoms with van der Waals surface area (Å²) in [5.41, 5.74) is 1.25. The van der Waals surface area contributed by atoms with Crippen LogP contribution in [0.3, 0.4) is 0 Å². The standard InChI is InChI=1S/C13H20N2O4S2/c1-3-4-10-5-7-15(8-6-10)21(17,18)13-11(12(16)19-2)14-9-20-13/h9-10H,3-8H2,1-2H3. The van der Waals surface area contributed by atoms with Gasteiger partial charge in [-0.3, -0.25) is 0 Å². The zero-order chi connectivity index (χ0) is 15.5. The first kappa shape index (κ1) is 16.4. The van der Waals surface area contributed by atoms with E-state index in [0.717, 1.165) is 37.0 Å². The molecule has 1 aliphatic rings. The zero-order valence-electron chi connectivity index (χ0n) is 12.2. The lowest BCUT2D eigenvalue weighted by atomic mass is 9.94. The first-order valence-corrected chi connectivity index (χ1v) is 9.34. The monoisotopic (exact) mass is 332 g/mol.